The molecule has 0 aliphatic carbocycles. The van der Waals surface area contributed by atoms with Gasteiger partial charge in [-0.25, -0.2) is 4.39 Å². The molecule has 5 nitrogen and oxygen atoms in total. The number of aliphatic hydroxyl groups is 1. The maximum atomic E-state index is 14.1. The Hall–Kier alpha value is -2.41. The SMILES string of the molecule is COc1ccc2[nH]c(CN3CCN(Cc4ccccc4F)[C@@H](CCO)C3)c(C)c2c1. The van der Waals surface area contributed by atoms with Gasteiger partial charge in [-0.2, -0.15) is 0 Å². The summed E-state index contributed by atoms with van der Waals surface area (Å²) in [6.07, 6.45) is 0.688. The van der Waals surface area contributed by atoms with Gasteiger partial charge < -0.3 is 14.8 Å². The van der Waals surface area contributed by atoms with Crippen LogP contribution in [0, 0.1) is 12.7 Å². The average Bonchev–Trinajstić information content (AvgIpc) is 3.06. The first kappa shape index (κ1) is 20.8. The van der Waals surface area contributed by atoms with Crippen LogP contribution in [0.5, 0.6) is 5.75 Å². The van der Waals surface area contributed by atoms with Gasteiger partial charge in [0.2, 0.25) is 0 Å². The van der Waals surface area contributed by atoms with Gasteiger partial charge in [0, 0.05) is 67.5 Å². The Morgan fingerprint density at radius 3 is 2.77 bits per heavy atom. The molecule has 1 aromatic heterocycles. The van der Waals surface area contributed by atoms with Crippen LogP contribution in [0.2, 0.25) is 0 Å². The fourth-order valence-corrected chi connectivity index (χ4v) is 4.45. The Kier molecular flexibility index (Phi) is 6.37. The van der Waals surface area contributed by atoms with Crippen LogP contribution in [0.15, 0.2) is 42.5 Å². The van der Waals surface area contributed by atoms with E-state index in [1.807, 2.05) is 18.2 Å². The first-order chi connectivity index (χ1) is 14.6. The number of nitrogens with one attached hydrogen (secondary N) is 1. The average molecular weight is 412 g/mol. The van der Waals surface area contributed by atoms with E-state index in [1.165, 1.54) is 22.7 Å². The largest absolute Gasteiger partial charge is 0.497 e. The standard InChI is InChI=1S/C24H30FN3O2/c1-17-21-13-20(30-2)7-8-23(21)26-24(17)16-27-10-11-28(19(15-27)9-12-29)14-18-5-3-4-6-22(18)25/h3-8,13,19,26,29H,9-12,14-16H2,1-2H3/t19-/m0/s1. The summed E-state index contributed by atoms with van der Waals surface area (Å²) >= 11 is 0. The van der Waals surface area contributed by atoms with Gasteiger partial charge in [0.1, 0.15) is 11.6 Å². The fraction of sp³-hybridized carbons (Fsp3) is 0.417. The van der Waals surface area contributed by atoms with Gasteiger partial charge in [0.05, 0.1) is 7.11 Å². The highest BCUT2D eigenvalue weighted by Crippen LogP contribution is 2.27. The van der Waals surface area contributed by atoms with Crippen LogP contribution in [0.25, 0.3) is 10.9 Å². The molecule has 30 heavy (non-hydrogen) atoms. The van der Waals surface area contributed by atoms with Crippen molar-refractivity contribution in [2.24, 2.45) is 0 Å². The molecule has 160 valence electrons. The van der Waals surface area contributed by atoms with Gasteiger partial charge in [-0.15, -0.1) is 0 Å². The van der Waals surface area contributed by atoms with Crippen LogP contribution in [-0.4, -0.2) is 59.3 Å². The van der Waals surface area contributed by atoms with Crippen molar-refractivity contribution in [2.75, 3.05) is 33.4 Å². The second kappa shape index (κ2) is 9.16. The molecule has 1 atom stereocenters. The Labute approximate surface area is 177 Å². The quantitative estimate of drug-likeness (QED) is 0.623. The first-order valence-corrected chi connectivity index (χ1v) is 10.5. The lowest BCUT2D eigenvalue weighted by Crippen LogP contribution is -2.52. The predicted octanol–water partition coefficient (Wildman–Crippen LogP) is 3.69. The predicted molar refractivity (Wildman–Crippen MR) is 117 cm³/mol. The summed E-state index contributed by atoms with van der Waals surface area (Å²) in [6, 6.07) is 13.3. The molecule has 0 spiro atoms. The van der Waals surface area contributed by atoms with Crippen LogP contribution in [0.3, 0.4) is 0 Å². The van der Waals surface area contributed by atoms with Crippen LogP contribution in [0.1, 0.15) is 23.2 Å². The number of nitrogens with zero attached hydrogens (tertiary/aromatic N) is 2. The monoisotopic (exact) mass is 411 g/mol. The molecule has 3 aromatic rings. The molecule has 1 saturated heterocycles. The van der Waals surface area contributed by atoms with Crippen molar-refractivity contribution < 1.29 is 14.2 Å². The van der Waals surface area contributed by atoms with Gasteiger partial charge in [-0.3, -0.25) is 9.80 Å². The summed E-state index contributed by atoms with van der Waals surface area (Å²) in [6.45, 7) is 6.31. The van der Waals surface area contributed by atoms with E-state index in [0.29, 0.717) is 18.5 Å². The lowest BCUT2D eigenvalue weighted by Gasteiger charge is -2.41. The number of aromatic nitrogens is 1. The van der Waals surface area contributed by atoms with E-state index in [4.69, 9.17) is 4.74 Å². The number of halogens is 1. The van der Waals surface area contributed by atoms with Crippen molar-refractivity contribution in [3.8, 4) is 5.75 Å². The minimum atomic E-state index is -0.160. The van der Waals surface area contributed by atoms with E-state index in [-0.39, 0.29) is 18.5 Å². The van der Waals surface area contributed by atoms with Crippen LogP contribution in [0.4, 0.5) is 4.39 Å². The lowest BCUT2D eigenvalue weighted by molar-refractivity contribution is 0.0487. The van der Waals surface area contributed by atoms with Gasteiger partial charge in [0.15, 0.2) is 0 Å². The second-order valence-corrected chi connectivity index (χ2v) is 8.10. The van der Waals surface area contributed by atoms with Crippen LogP contribution >= 0.6 is 0 Å². The summed E-state index contributed by atoms with van der Waals surface area (Å²) in [5.74, 6) is 0.702. The zero-order valence-corrected chi connectivity index (χ0v) is 17.7. The maximum Gasteiger partial charge on any atom is 0.127 e. The van der Waals surface area contributed by atoms with E-state index >= 15 is 0 Å². The minimum absolute atomic E-state index is 0.136. The summed E-state index contributed by atoms with van der Waals surface area (Å²) in [5.41, 5.74) is 4.29. The Bertz CT molecular complexity index is 1000. The molecule has 4 rings (SSSR count). The van der Waals surface area contributed by atoms with Gasteiger partial charge >= 0.3 is 0 Å². The van der Waals surface area contributed by atoms with Crippen molar-refractivity contribution in [2.45, 2.75) is 32.5 Å². The smallest absolute Gasteiger partial charge is 0.127 e. The third kappa shape index (κ3) is 4.36. The van der Waals surface area contributed by atoms with E-state index in [0.717, 1.165) is 37.4 Å². The van der Waals surface area contributed by atoms with Crippen LogP contribution < -0.4 is 4.74 Å². The van der Waals surface area contributed by atoms with Crippen molar-refractivity contribution in [3.05, 3.63) is 65.1 Å². The number of methoxy groups -OCH3 is 1. The Balaban J connectivity index is 1.47. The third-order valence-corrected chi connectivity index (χ3v) is 6.23. The van der Waals surface area contributed by atoms with E-state index < -0.39 is 0 Å². The molecule has 1 aliphatic heterocycles. The number of hydrogen-bond donors (Lipinski definition) is 2. The summed E-state index contributed by atoms with van der Waals surface area (Å²) in [7, 11) is 1.69. The Morgan fingerprint density at radius 2 is 2.00 bits per heavy atom. The summed E-state index contributed by atoms with van der Waals surface area (Å²) in [5, 5.41) is 10.8. The maximum absolute atomic E-state index is 14.1. The highest BCUT2D eigenvalue weighted by atomic mass is 19.1. The molecule has 1 aliphatic rings. The number of H-pyrrole nitrogens is 1. The topological polar surface area (TPSA) is 51.7 Å². The first-order valence-electron chi connectivity index (χ1n) is 10.5. The number of ether oxygens (including phenoxy) is 1. The van der Waals surface area contributed by atoms with Crippen molar-refractivity contribution >= 4 is 10.9 Å². The van der Waals surface area contributed by atoms with Crippen molar-refractivity contribution in [1.82, 2.24) is 14.8 Å². The van der Waals surface area contributed by atoms with Gasteiger partial charge in [0.25, 0.3) is 0 Å². The van der Waals surface area contributed by atoms with E-state index in [1.54, 1.807) is 13.2 Å². The molecular formula is C24H30FN3O2. The molecule has 2 N–H and O–H groups in total. The van der Waals surface area contributed by atoms with E-state index in [2.05, 4.69) is 33.8 Å². The molecule has 2 heterocycles. The number of aliphatic hydroxyl groups excluding tert-OH is 1. The van der Waals surface area contributed by atoms with Crippen molar-refractivity contribution in [1.29, 1.82) is 0 Å². The van der Waals surface area contributed by atoms with E-state index in [9.17, 15) is 9.50 Å². The number of fused-ring (bicyclic) bond motifs is 1. The second-order valence-electron chi connectivity index (χ2n) is 8.10. The number of aromatic amines is 1. The minimum Gasteiger partial charge on any atom is -0.497 e. The number of benzene rings is 2. The normalized spacial score (nSPS) is 18.2. The number of hydrogen-bond acceptors (Lipinski definition) is 4. The molecule has 6 heteroatoms. The zero-order chi connectivity index (χ0) is 21.1. The molecular weight excluding hydrogens is 381 g/mol. The van der Waals surface area contributed by atoms with Crippen LogP contribution in [-0.2, 0) is 13.1 Å². The fourth-order valence-electron chi connectivity index (χ4n) is 4.45. The zero-order valence-electron chi connectivity index (χ0n) is 17.7. The van der Waals surface area contributed by atoms with Crippen molar-refractivity contribution in [3.63, 3.8) is 0 Å². The number of aryl methyl sites for hydroxylation is 1. The third-order valence-electron chi connectivity index (χ3n) is 6.23. The Morgan fingerprint density at radius 1 is 1.17 bits per heavy atom. The highest BCUT2D eigenvalue weighted by molar-refractivity contribution is 5.85. The molecule has 0 bridgehead atoms. The van der Waals surface area contributed by atoms with Gasteiger partial charge in [-0.05, 0) is 43.2 Å². The summed E-state index contributed by atoms with van der Waals surface area (Å²) in [4.78, 5) is 8.28. The molecule has 2 aromatic carbocycles. The molecule has 0 saturated carbocycles. The summed E-state index contributed by atoms with van der Waals surface area (Å²) < 4.78 is 19.5. The highest BCUT2D eigenvalue weighted by Gasteiger charge is 2.28. The lowest BCUT2D eigenvalue weighted by atomic mass is 10.1. The molecule has 1 fully saturated rings. The molecule has 0 radical (unpaired) electrons. The number of rotatable bonds is 7. The molecule has 0 unspecified atom stereocenters. The van der Waals surface area contributed by atoms with Gasteiger partial charge in [-0.1, -0.05) is 18.2 Å². The molecule has 0 amide bonds. The number of piperazine rings is 1.